The third kappa shape index (κ3) is 4.43. The van der Waals surface area contributed by atoms with Crippen LogP contribution >= 0.6 is 0 Å². The average Bonchev–Trinajstić information content (AvgIpc) is 3.13. The lowest BCUT2D eigenvalue weighted by Crippen LogP contribution is -2.23. The molecule has 1 amide bonds. The molecule has 3 rings (SSSR count). The molecule has 1 aliphatic rings. The minimum absolute atomic E-state index is 0.0523. The minimum Gasteiger partial charge on any atom is -0.348 e. The van der Waals surface area contributed by atoms with E-state index in [9.17, 15) is 4.79 Å². The summed E-state index contributed by atoms with van der Waals surface area (Å²) in [5.41, 5.74) is 9.73. The molecule has 2 aromatic carbocycles. The molecule has 0 spiro atoms. The largest absolute Gasteiger partial charge is 0.348 e. The third-order valence-electron chi connectivity index (χ3n) is 4.50. The number of nitrogens with one attached hydrogen (secondary N) is 1. The van der Waals surface area contributed by atoms with Crippen LogP contribution in [-0.2, 0) is 19.6 Å². The Balaban J connectivity index is 1.56. The van der Waals surface area contributed by atoms with Crippen LogP contribution in [0.1, 0.15) is 39.9 Å². The summed E-state index contributed by atoms with van der Waals surface area (Å²) in [7, 11) is 0. The standard InChI is InChI=1S/C20H25N3O/c21-13-16-6-8-19(9-7-16)20(24)22-14-17-4-3-5-18(12-17)15-23-10-1-2-11-23/h3-9,12H,1-2,10-11,13-15,21H2,(H,22,24). The van der Waals surface area contributed by atoms with Gasteiger partial charge in [-0.3, -0.25) is 9.69 Å². The molecule has 24 heavy (non-hydrogen) atoms. The van der Waals surface area contributed by atoms with Gasteiger partial charge < -0.3 is 11.1 Å². The number of nitrogens with zero attached hydrogens (tertiary/aromatic N) is 1. The number of nitrogens with two attached hydrogens (primary N) is 1. The Morgan fingerprint density at radius 2 is 1.71 bits per heavy atom. The van der Waals surface area contributed by atoms with Crippen LogP contribution in [0.25, 0.3) is 0 Å². The zero-order valence-corrected chi connectivity index (χ0v) is 14.0. The van der Waals surface area contributed by atoms with Crippen molar-refractivity contribution in [2.24, 2.45) is 5.73 Å². The summed E-state index contributed by atoms with van der Waals surface area (Å²) < 4.78 is 0. The van der Waals surface area contributed by atoms with E-state index in [2.05, 4.69) is 34.5 Å². The normalized spacial score (nSPS) is 14.7. The molecule has 1 aliphatic heterocycles. The van der Waals surface area contributed by atoms with Crippen LogP contribution in [0.4, 0.5) is 0 Å². The number of rotatable bonds is 6. The highest BCUT2D eigenvalue weighted by atomic mass is 16.1. The van der Waals surface area contributed by atoms with Gasteiger partial charge in [0.2, 0.25) is 0 Å². The van der Waals surface area contributed by atoms with Crippen molar-refractivity contribution in [1.29, 1.82) is 0 Å². The van der Waals surface area contributed by atoms with Gasteiger partial charge in [0.05, 0.1) is 0 Å². The Labute approximate surface area is 143 Å². The number of hydrogen-bond acceptors (Lipinski definition) is 3. The molecule has 0 atom stereocenters. The first-order valence-corrected chi connectivity index (χ1v) is 8.62. The maximum absolute atomic E-state index is 12.2. The first-order chi connectivity index (χ1) is 11.7. The van der Waals surface area contributed by atoms with Crippen LogP contribution in [0.15, 0.2) is 48.5 Å². The van der Waals surface area contributed by atoms with Gasteiger partial charge in [-0.1, -0.05) is 36.4 Å². The van der Waals surface area contributed by atoms with Crippen molar-refractivity contribution in [3.63, 3.8) is 0 Å². The van der Waals surface area contributed by atoms with Crippen molar-refractivity contribution in [1.82, 2.24) is 10.2 Å². The van der Waals surface area contributed by atoms with Gasteiger partial charge in [0.1, 0.15) is 0 Å². The van der Waals surface area contributed by atoms with Crippen LogP contribution in [0, 0.1) is 0 Å². The molecule has 0 bridgehead atoms. The van der Waals surface area contributed by atoms with Crippen LogP contribution < -0.4 is 11.1 Å². The Hall–Kier alpha value is -2.17. The fourth-order valence-corrected chi connectivity index (χ4v) is 3.11. The lowest BCUT2D eigenvalue weighted by molar-refractivity contribution is 0.0951. The SMILES string of the molecule is NCc1ccc(C(=O)NCc2cccc(CN3CCCC3)c2)cc1. The fraction of sp³-hybridized carbons (Fsp3) is 0.350. The van der Waals surface area contributed by atoms with E-state index in [0.29, 0.717) is 18.7 Å². The van der Waals surface area contributed by atoms with Crippen molar-refractivity contribution < 1.29 is 4.79 Å². The highest BCUT2D eigenvalue weighted by Crippen LogP contribution is 2.14. The topological polar surface area (TPSA) is 58.4 Å². The fourth-order valence-electron chi connectivity index (χ4n) is 3.11. The van der Waals surface area contributed by atoms with Gasteiger partial charge >= 0.3 is 0 Å². The number of amides is 1. The zero-order chi connectivity index (χ0) is 16.8. The molecule has 3 N–H and O–H groups in total. The second-order valence-electron chi connectivity index (χ2n) is 6.39. The number of carbonyl (C=O) groups is 1. The van der Waals surface area contributed by atoms with Gasteiger partial charge in [0.25, 0.3) is 5.91 Å². The highest BCUT2D eigenvalue weighted by Gasteiger charge is 2.12. The molecule has 0 saturated carbocycles. The predicted molar refractivity (Wildman–Crippen MR) is 96.5 cm³/mol. The van der Waals surface area contributed by atoms with E-state index < -0.39 is 0 Å². The van der Waals surface area contributed by atoms with Gasteiger partial charge in [-0.25, -0.2) is 0 Å². The number of benzene rings is 2. The van der Waals surface area contributed by atoms with E-state index >= 15 is 0 Å². The Morgan fingerprint density at radius 3 is 2.42 bits per heavy atom. The van der Waals surface area contributed by atoms with E-state index in [0.717, 1.165) is 17.7 Å². The van der Waals surface area contributed by atoms with Crippen molar-refractivity contribution in [2.75, 3.05) is 13.1 Å². The third-order valence-corrected chi connectivity index (χ3v) is 4.50. The zero-order valence-electron chi connectivity index (χ0n) is 14.0. The van der Waals surface area contributed by atoms with Gasteiger partial charge in [0, 0.05) is 25.2 Å². The van der Waals surface area contributed by atoms with Crippen molar-refractivity contribution >= 4 is 5.91 Å². The van der Waals surface area contributed by atoms with E-state index in [4.69, 9.17) is 5.73 Å². The first kappa shape index (κ1) is 16.7. The highest BCUT2D eigenvalue weighted by molar-refractivity contribution is 5.94. The molecular weight excluding hydrogens is 298 g/mol. The second-order valence-corrected chi connectivity index (χ2v) is 6.39. The second kappa shape index (κ2) is 8.08. The Kier molecular flexibility index (Phi) is 5.62. The number of likely N-dealkylation sites (tertiary alicyclic amines) is 1. The lowest BCUT2D eigenvalue weighted by atomic mass is 10.1. The first-order valence-electron chi connectivity index (χ1n) is 8.62. The van der Waals surface area contributed by atoms with Crippen molar-refractivity contribution in [3.05, 3.63) is 70.8 Å². The molecule has 1 fully saturated rings. The summed E-state index contributed by atoms with van der Waals surface area (Å²) in [5, 5.41) is 2.99. The number of carbonyl (C=O) groups excluding carboxylic acids is 1. The van der Waals surface area contributed by atoms with E-state index in [1.54, 1.807) is 0 Å². The molecule has 0 aliphatic carbocycles. The van der Waals surface area contributed by atoms with Crippen LogP contribution in [0.2, 0.25) is 0 Å². The van der Waals surface area contributed by atoms with Crippen LogP contribution in [-0.4, -0.2) is 23.9 Å². The molecule has 2 aromatic rings. The molecule has 0 unspecified atom stereocenters. The molecule has 4 nitrogen and oxygen atoms in total. The summed E-state index contributed by atoms with van der Waals surface area (Å²) in [6.07, 6.45) is 2.61. The number of hydrogen-bond donors (Lipinski definition) is 2. The molecule has 1 saturated heterocycles. The van der Waals surface area contributed by atoms with E-state index in [1.807, 2.05) is 24.3 Å². The molecule has 1 heterocycles. The van der Waals surface area contributed by atoms with Crippen molar-refractivity contribution in [3.8, 4) is 0 Å². The average molecular weight is 323 g/mol. The smallest absolute Gasteiger partial charge is 0.251 e. The molecule has 4 heteroatoms. The van der Waals surface area contributed by atoms with Gasteiger partial charge in [-0.05, 0) is 54.8 Å². The van der Waals surface area contributed by atoms with Crippen LogP contribution in [0.3, 0.4) is 0 Å². The lowest BCUT2D eigenvalue weighted by Gasteiger charge is -2.15. The van der Waals surface area contributed by atoms with Gasteiger partial charge in [-0.2, -0.15) is 0 Å². The Bertz CT molecular complexity index is 676. The van der Waals surface area contributed by atoms with Crippen LogP contribution in [0.5, 0.6) is 0 Å². The van der Waals surface area contributed by atoms with E-state index in [-0.39, 0.29) is 5.91 Å². The quantitative estimate of drug-likeness (QED) is 0.859. The predicted octanol–water partition coefficient (Wildman–Crippen LogP) is 2.67. The maximum atomic E-state index is 12.2. The van der Waals surface area contributed by atoms with Crippen molar-refractivity contribution in [2.45, 2.75) is 32.5 Å². The van der Waals surface area contributed by atoms with Gasteiger partial charge in [-0.15, -0.1) is 0 Å². The summed E-state index contributed by atoms with van der Waals surface area (Å²) >= 11 is 0. The molecule has 0 radical (unpaired) electrons. The summed E-state index contributed by atoms with van der Waals surface area (Å²) in [4.78, 5) is 14.7. The Morgan fingerprint density at radius 1 is 1.00 bits per heavy atom. The van der Waals surface area contributed by atoms with Gasteiger partial charge in [0.15, 0.2) is 0 Å². The summed E-state index contributed by atoms with van der Waals surface area (Å²) in [6.45, 7) is 4.43. The maximum Gasteiger partial charge on any atom is 0.251 e. The molecule has 126 valence electrons. The summed E-state index contributed by atoms with van der Waals surface area (Å²) in [5.74, 6) is -0.0523. The van der Waals surface area contributed by atoms with E-state index in [1.165, 1.54) is 31.5 Å². The molecular formula is C20H25N3O. The summed E-state index contributed by atoms with van der Waals surface area (Å²) in [6, 6.07) is 15.9. The monoisotopic (exact) mass is 323 g/mol. The minimum atomic E-state index is -0.0523. The molecule has 0 aromatic heterocycles.